The average molecular weight is 626 g/mol. The lowest BCUT2D eigenvalue weighted by Crippen LogP contribution is -2.53. The van der Waals surface area contributed by atoms with E-state index in [1.165, 1.54) is 51.9 Å². The fourth-order valence-electron chi connectivity index (χ4n) is 5.85. The first-order valence-corrected chi connectivity index (χ1v) is 14.2. The Labute approximate surface area is 257 Å². The molecule has 3 aromatic rings. The van der Waals surface area contributed by atoms with Crippen molar-refractivity contribution in [2.75, 3.05) is 27.9 Å². The van der Waals surface area contributed by atoms with Gasteiger partial charge in [0.05, 0.1) is 27.7 Å². The second kappa shape index (κ2) is 12.1. The van der Waals surface area contributed by atoms with Crippen LogP contribution in [0, 0.1) is 5.92 Å². The summed E-state index contributed by atoms with van der Waals surface area (Å²) in [5, 5.41) is 25.1. The van der Waals surface area contributed by atoms with E-state index in [4.69, 9.17) is 30.5 Å². The van der Waals surface area contributed by atoms with Crippen LogP contribution in [0.2, 0.25) is 5.02 Å². The Hall–Kier alpha value is -4.71. The van der Waals surface area contributed by atoms with Crippen LogP contribution < -0.4 is 24.3 Å². The van der Waals surface area contributed by atoms with E-state index >= 15 is 0 Å². The molecule has 1 aliphatic heterocycles. The number of carbonyl (C=O) groups excluding carboxylic acids is 3. The number of fused-ring (bicyclic) bond motifs is 1. The topological polar surface area (TPSA) is 169 Å². The SMILES string of the molecule is COc1cc(C(CC(=O)NCCc2cnc[nH]2)C2=C(O)[C@@]3(Oc4c(Cl)c(OC)cc(OC)c4C3=O)[C@H](C)CC2=O)ccc1O. The summed E-state index contributed by atoms with van der Waals surface area (Å²) in [6.45, 7) is 1.90. The number of methoxy groups -OCH3 is 3. The number of benzene rings is 2. The van der Waals surface area contributed by atoms with Crippen LogP contribution in [0.25, 0.3) is 0 Å². The molecule has 5 rings (SSSR count). The molecule has 2 heterocycles. The number of aliphatic hydroxyl groups excluding tert-OH is 1. The molecule has 0 bridgehead atoms. The van der Waals surface area contributed by atoms with Crippen molar-refractivity contribution in [3.63, 3.8) is 0 Å². The largest absolute Gasteiger partial charge is 0.507 e. The van der Waals surface area contributed by atoms with Gasteiger partial charge in [-0.1, -0.05) is 24.6 Å². The normalized spacial score (nSPS) is 19.9. The van der Waals surface area contributed by atoms with Gasteiger partial charge in [0, 0.05) is 61.2 Å². The number of halogens is 1. The molecular formula is C31H32ClN3O9. The Bertz CT molecular complexity index is 1650. The van der Waals surface area contributed by atoms with Crippen molar-refractivity contribution in [1.82, 2.24) is 15.3 Å². The molecule has 12 nitrogen and oxygen atoms in total. The number of Topliss-reactive ketones (excluding diaryl/α,β-unsaturated/α-hetero) is 2. The predicted octanol–water partition coefficient (Wildman–Crippen LogP) is 4.06. The molecule has 232 valence electrons. The van der Waals surface area contributed by atoms with E-state index < -0.39 is 40.7 Å². The number of H-pyrrole nitrogens is 1. The third-order valence-corrected chi connectivity index (χ3v) is 8.48. The van der Waals surface area contributed by atoms with Crippen molar-refractivity contribution in [2.24, 2.45) is 5.92 Å². The minimum atomic E-state index is -2.02. The van der Waals surface area contributed by atoms with Gasteiger partial charge in [0.15, 0.2) is 28.8 Å². The number of nitrogens with one attached hydrogen (secondary N) is 2. The first-order chi connectivity index (χ1) is 21.1. The lowest BCUT2D eigenvalue weighted by atomic mass is 9.69. The number of aromatic nitrogens is 2. The van der Waals surface area contributed by atoms with E-state index in [1.54, 1.807) is 13.1 Å². The van der Waals surface area contributed by atoms with Crippen molar-refractivity contribution in [3.05, 3.63) is 70.0 Å². The second-order valence-corrected chi connectivity index (χ2v) is 11.0. The van der Waals surface area contributed by atoms with Crippen LogP contribution in [0.3, 0.4) is 0 Å². The Morgan fingerprint density at radius 2 is 1.89 bits per heavy atom. The van der Waals surface area contributed by atoms with Crippen LogP contribution in [0.4, 0.5) is 0 Å². The van der Waals surface area contributed by atoms with E-state index in [2.05, 4.69) is 15.3 Å². The number of imidazole rings is 1. The van der Waals surface area contributed by atoms with Crippen LogP contribution in [-0.4, -0.2) is 71.1 Å². The van der Waals surface area contributed by atoms with E-state index in [9.17, 15) is 24.6 Å². The highest BCUT2D eigenvalue weighted by atomic mass is 35.5. The maximum absolute atomic E-state index is 14.2. The van der Waals surface area contributed by atoms with Gasteiger partial charge in [0.25, 0.3) is 0 Å². The summed E-state index contributed by atoms with van der Waals surface area (Å²) in [5.41, 5.74) is -0.965. The highest BCUT2D eigenvalue weighted by molar-refractivity contribution is 6.35. The molecule has 0 fully saturated rings. The molecule has 0 radical (unpaired) electrons. The number of aromatic amines is 1. The number of phenols is 1. The third-order valence-electron chi connectivity index (χ3n) is 8.13. The van der Waals surface area contributed by atoms with Crippen LogP contribution in [-0.2, 0) is 16.0 Å². The number of aliphatic hydroxyl groups is 1. The Morgan fingerprint density at radius 3 is 2.55 bits per heavy atom. The van der Waals surface area contributed by atoms with Crippen molar-refractivity contribution in [3.8, 4) is 28.7 Å². The lowest BCUT2D eigenvalue weighted by Gasteiger charge is -2.38. The molecule has 4 N–H and O–H groups in total. The molecule has 1 aliphatic carbocycles. The van der Waals surface area contributed by atoms with Crippen molar-refractivity contribution in [2.45, 2.75) is 37.7 Å². The maximum Gasteiger partial charge on any atom is 0.231 e. The Kier molecular flexibility index (Phi) is 8.46. The van der Waals surface area contributed by atoms with E-state index in [0.29, 0.717) is 12.0 Å². The number of amides is 1. The van der Waals surface area contributed by atoms with Crippen molar-refractivity contribution >= 4 is 29.1 Å². The van der Waals surface area contributed by atoms with E-state index in [0.717, 1.165) is 5.69 Å². The molecule has 2 aromatic carbocycles. The highest BCUT2D eigenvalue weighted by Crippen LogP contribution is 2.56. The van der Waals surface area contributed by atoms with Gasteiger partial charge in [-0.3, -0.25) is 14.4 Å². The number of aromatic hydroxyl groups is 1. The van der Waals surface area contributed by atoms with Crippen LogP contribution in [0.15, 0.2) is 48.1 Å². The van der Waals surface area contributed by atoms with E-state index in [1.807, 2.05) is 0 Å². The van der Waals surface area contributed by atoms with Crippen molar-refractivity contribution < 1.29 is 43.5 Å². The minimum absolute atomic E-state index is 0.00319. The van der Waals surface area contributed by atoms with Gasteiger partial charge in [-0.25, -0.2) is 4.98 Å². The summed E-state index contributed by atoms with van der Waals surface area (Å²) in [4.78, 5) is 48.1. The molecule has 0 saturated carbocycles. The number of allylic oxidation sites excluding steroid dienone is 1. The quantitative estimate of drug-likeness (QED) is 0.258. The fraction of sp³-hybridized carbons (Fsp3) is 0.355. The zero-order chi connectivity index (χ0) is 31.8. The number of hydrogen-bond donors (Lipinski definition) is 4. The lowest BCUT2D eigenvalue weighted by molar-refractivity contribution is -0.121. The van der Waals surface area contributed by atoms with Gasteiger partial charge in [-0.2, -0.15) is 0 Å². The van der Waals surface area contributed by atoms with Crippen LogP contribution >= 0.6 is 11.6 Å². The smallest absolute Gasteiger partial charge is 0.231 e. The van der Waals surface area contributed by atoms with Gasteiger partial charge < -0.3 is 39.5 Å². The highest BCUT2D eigenvalue weighted by Gasteiger charge is 2.61. The molecule has 1 amide bonds. The average Bonchev–Trinajstić information content (AvgIpc) is 3.63. The monoisotopic (exact) mass is 625 g/mol. The van der Waals surface area contributed by atoms with Gasteiger partial charge in [0.2, 0.25) is 17.3 Å². The van der Waals surface area contributed by atoms with Crippen LogP contribution in [0.5, 0.6) is 28.7 Å². The second-order valence-electron chi connectivity index (χ2n) is 10.6. The Morgan fingerprint density at radius 1 is 1.16 bits per heavy atom. The van der Waals surface area contributed by atoms with Gasteiger partial charge >= 0.3 is 0 Å². The zero-order valence-electron chi connectivity index (χ0n) is 24.5. The van der Waals surface area contributed by atoms with Gasteiger partial charge in [-0.15, -0.1) is 0 Å². The maximum atomic E-state index is 14.2. The summed E-state index contributed by atoms with van der Waals surface area (Å²) < 4.78 is 22.3. The van der Waals surface area contributed by atoms with Crippen molar-refractivity contribution in [1.29, 1.82) is 0 Å². The Balaban J connectivity index is 1.60. The summed E-state index contributed by atoms with van der Waals surface area (Å²) in [6, 6.07) is 5.81. The first-order valence-electron chi connectivity index (χ1n) is 13.8. The number of rotatable bonds is 10. The standard InChI is InChI=1S/C31H32ClN3O9/c1-15-9-20(37)25(29(39)31(15)30(40)26-22(42-3)12-23(43-4)27(32)28(26)44-31)18(16-5-6-19(36)21(10-16)41-2)11-24(38)34-8-7-17-13-33-14-35-17/h5-6,10,12-15,18,36,39H,7-9,11H2,1-4H3,(H,33,35)(H,34,38)/t15-,18?,31+/m1/s1. The van der Waals surface area contributed by atoms with Gasteiger partial charge in [-0.05, 0) is 17.7 Å². The minimum Gasteiger partial charge on any atom is -0.507 e. The number of nitrogens with zero attached hydrogens (tertiary/aromatic N) is 1. The summed E-state index contributed by atoms with van der Waals surface area (Å²) in [7, 11) is 4.13. The number of hydrogen-bond acceptors (Lipinski definition) is 10. The molecule has 1 spiro atoms. The third kappa shape index (κ3) is 5.08. The number of carbonyl (C=O) groups is 3. The number of ketones is 2. The molecule has 1 unspecified atom stereocenters. The molecule has 1 aromatic heterocycles. The fourth-order valence-corrected chi connectivity index (χ4v) is 6.12. The van der Waals surface area contributed by atoms with Crippen LogP contribution in [0.1, 0.15) is 47.3 Å². The number of phenolic OH excluding ortho intramolecular Hbond substituents is 1. The number of ether oxygens (including phenoxy) is 4. The first kappa shape index (κ1) is 30.7. The predicted molar refractivity (Wildman–Crippen MR) is 158 cm³/mol. The molecule has 3 atom stereocenters. The van der Waals surface area contributed by atoms with Gasteiger partial charge in [0.1, 0.15) is 22.1 Å². The molecule has 0 saturated heterocycles. The summed E-state index contributed by atoms with van der Waals surface area (Å²) >= 11 is 6.55. The summed E-state index contributed by atoms with van der Waals surface area (Å²) in [5.74, 6) is -3.79. The molecule has 44 heavy (non-hydrogen) atoms. The molecule has 13 heteroatoms. The molecular weight excluding hydrogens is 594 g/mol. The zero-order valence-corrected chi connectivity index (χ0v) is 25.3. The molecule has 2 aliphatic rings. The summed E-state index contributed by atoms with van der Waals surface area (Å²) in [6.07, 6.45) is 3.23. The van der Waals surface area contributed by atoms with E-state index in [-0.39, 0.29) is 64.3 Å².